The predicted octanol–water partition coefficient (Wildman–Crippen LogP) is 5.85. The summed E-state index contributed by atoms with van der Waals surface area (Å²) in [7, 11) is 1.45. The molecule has 0 N–H and O–H groups in total. The molecule has 1 aliphatic rings. The molecule has 0 spiro atoms. The van der Waals surface area contributed by atoms with Crippen molar-refractivity contribution in [2.24, 2.45) is 0 Å². The lowest BCUT2D eigenvalue weighted by molar-refractivity contribution is -0.126. The Balaban J connectivity index is 1.47. The van der Waals surface area contributed by atoms with Gasteiger partial charge in [0.2, 0.25) is 5.91 Å². The monoisotopic (exact) mass is 478 g/mol. The molecule has 0 aromatic heterocycles. The van der Waals surface area contributed by atoms with Gasteiger partial charge in [-0.1, -0.05) is 48.0 Å². The molecule has 0 radical (unpaired) electrons. The molecule has 0 saturated carbocycles. The Morgan fingerprint density at radius 2 is 1.71 bits per heavy atom. The third kappa shape index (κ3) is 5.97. The van der Waals surface area contributed by atoms with Crippen LogP contribution in [0.4, 0.5) is 10.1 Å². The fraction of sp³-hybridized carbons (Fsp3) is 0.250. The van der Waals surface area contributed by atoms with Gasteiger partial charge in [-0.25, -0.2) is 4.39 Å². The Kier molecular flexibility index (Phi) is 7.86. The lowest BCUT2D eigenvalue weighted by Crippen LogP contribution is -2.48. The van der Waals surface area contributed by atoms with Gasteiger partial charge in [0.1, 0.15) is 0 Å². The lowest BCUT2D eigenvalue weighted by Gasteiger charge is -2.35. The van der Waals surface area contributed by atoms with Gasteiger partial charge in [0.25, 0.3) is 0 Å². The van der Waals surface area contributed by atoms with E-state index in [0.717, 1.165) is 29.8 Å². The van der Waals surface area contributed by atoms with E-state index in [1.54, 1.807) is 12.1 Å². The molecule has 4 rings (SSSR count). The molecule has 0 aliphatic carbocycles. The van der Waals surface area contributed by atoms with Crippen molar-refractivity contribution < 1.29 is 13.9 Å². The Morgan fingerprint density at radius 1 is 1.00 bits per heavy atom. The topological polar surface area (TPSA) is 32.8 Å². The van der Waals surface area contributed by atoms with E-state index in [0.29, 0.717) is 31.0 Å². The number of halogens is 2. The van der Waals surface area contributed by atoms with Gasteiger partial charge in [-0.15, -0.1) is 0 Å². The molecule has 176 valence electrons. The van der Waals surface area contributed by atoms with Crippen molar-refractivity contribution in [3.05, 3.63) is 101 Å². The fourth-order valence-electron chi connectivity index (χ4n) is 4.17. The van der Waals surface area contributed by atoms with Gasteiger partial charge in [-0.3, -0.25) is 4.79 Å². The number of para-hydroxylation sites is 1. The van der Waals surface area contributed by atoms with E-state index in [4.69, 9.17) is 16.3 Å². The standard InChI is InChI=1S/C28H28ClFN2O2/c1-34-27-14-8-21(19-26(27)30)7-9-23(22-10-12-24(29)13-11-22)20-28(33)32-17-15-31(16-18-32)25-5-3-2-4-6-25/h2-6,8,10-14,19-20H,7,9,15-18H2,1H3/b23-20-. The average Bonchev–Trinajstić information content (AvgIpc) is 2.87. The smallest absolute Gasteiger partial charge is 0.246 e. The van der Waals surface area contributed by atoms with Gasteiger partial charge in [0.05, 0.1) is 7.11 Å². The maximum absolute atomic E-state index is 14.1. The Hall–Kier alpha value is -3.31. The number of piperazine rings is 1. The second kappa shape index (κ2) is 11.2. The quantitative estimate of drug-likeness (QED) is 0.399. The maximum atomic E-state index is 14.1. The first-order chi connectivity index (χ1) is 16.5. The van der Waals surface area contributed by atoms with Crippen LogP contribution in [0.25, 0.3) is 5.57 Å². The second-order valence-corrected chi connectivity index (χ2v) is 8.73. The first-order valence-electron chi connectivity index (χ1n) is 11.4. The number of amides is 1. The van der Waals surface area contributed by atoms with E-state index in [1.807, 2.05) is 53.4 Å². The summed E-state index contributed by atoms with van der Waals surface area (Å²) in [4.78, 5) is 17.4. The molecule has 0 atom stereocenters. The van der Waals surface area contributed by atoms with E-state index < -0.39 is 0 Å². The van der Waals surface area contributed by atoms with Gasteiger partial charge in [-0.05, 0) is 65.9 Å². The summed E-state index contributed by atoms with van der Waals surface area (Å²) in [5.41, 5.74) is 3.87. The van der Waals surface area contributed by atoms with Crippen molar-refractivity contribution in [2.45, 2.75) is 12.8 Å². The number of anilines is 1. The van der Waals surface area contributed by atoms with Crippen molar-refractivity contribution in [1.29, 1.82) is 0 Å². The van der Waals surface area contributed by atoms with Crippen molar-refractivity contribution in [2.75, 3.05) is 38.2 Å². The molecule has 1 saturated heterocycles. The zero-order valence-corrected chi connectivity index (χ0v) is 20.0. The van der Waals surface area contributed by atoms with Crippen molar-refractivity contribution in [3.8, 4) is 5.75 Å². The Labute approximate surface area is 205 Å². The summed E-state index contributed by atoms with van der Waals surface area (Å²) < 4.78 is 19.1. The minimum absolute atomic E-state index is 0.00132. The number of carbonyl (C=O) groups is 1. The highest BCUT2D eigenvalue weighted by Gasteiger charge is 2.20. The predicted molar refractivity (Wildman–Crippen MR) is 136 cm³/mol. The number of rotatable bonds is 7. The summed E-state index contributed by atoms with van der Waals surface area (Å²) in [6.07, 6.45) is 2.93. The number of aryl methyl sites for hydroxylation is 1. The summed E-state index contributed by atoms with van der Waals surface area (Å²) in [6, 6.07) is 22.7. The first kappa shape index (κ1) is 23.8. The third-order valence-corrected chi connectivity index (χ3v) is 6.38. The number of carbonyl (C=O) groups excluding carboxylic acids is 1. The minimum Gasteiger partial charge on any atom is -0.494 e. The number of hydrogen-bond acceptors (Lipinski definition) is 3. The SMILES string of the molecule is COc1ccc(CC/C(=C/C(=O)N2CCN(c3ccccc3)CC2)c2ccc(Cl)cc2)cc1F. The van der Waals surface area contributed by atoms with Gasteiger partial charge < -0.3 is 14.5 Å². The molecule has 1 amide bonds. The summed E-state index contributed by atoms with van der Waals surface area (Å²) in [5, 5.41) is 0.642. The number of allylic oxidation sites excluding steroid dienone is 1. The molecule has 1 heterocycles. The molecule has 6 heteroatoms. The number of benzene rings is 3. The van der Waals surface area contributed by atoms with Crippen LogP contribution in [-0.2, 0) is 11.2 Å². The van der Waals surface area contributed by atoms with E-state index in [9.17, 15) is 9.18 Å². The molecular formula is C28H28ClFN2O2. The highest BCUT2D eigenvalue weighted by Crippen LogP contribution is 2.25. The average molecular weight is 479 g/mol. The zero-order chi connectivity index (χ0) is 23.9. The van der Waals surface area contributed by atoms with E-state index in [2.05, 4.69) is 17.0 Å². The fourth-order valence-corrected chi connectivity index (χ4v) is 4.30. The Bertz CT molecular complexity index is 1140. The molecule has 1 fully saturated rings. The minimum atomic E-state index is -0.385. The van der Waals surface area contributed by atoms with Crippen LogP contribution in [0.5, 0.6) is 5.75 Å². The van der Waals surface area contributed by atoms with Gasteiger partial charge >= 0.3 is 0 Å². The lowest BCUT2D eigenvalue weighted by atomic mass is 9.97. The molecule has 34 heavy (non-hydrogen) atoms. The van der Waals surface area contributed by atoms with Crippen LogP contribution in [-0.4, -0.2) is 44.1 Å². The van der Waals surface area contributed by atoms with Crippen LogP contribution in [0, 0.1) is 5.82 Å². The van der Waals surface area contributed by atoms with E-state index in [1.165, 1.54) is 18.9 Å². The van der Waals surface area contributed by atoms with E-state index >= 15 is 0 Å². The largest absolute Gasteiger partial charge is 0.494 e. The van der Waals surface area contributed by atoms with Gasteiger partial charge in [-0.2, -0.15) is 0 Å². The second-order valence-electron chi connectivity index (χ2n) is 8.29. The molecule has 1 aliphatic heterocycles. The van der Waals surface area contributed by atoms with Gasteiger partial charge in [0, 0.05) is 43.0 Å². The summed E-state index contributed by atoms with van der Waals surface area (Å²) >= 11 is 6.07. The summed E-state index contributed by atoms with van der Waals surface area (Å²) in [5.74, 6) is -0.162. The third-order valence-electron chi connectivity index (χ3n) is 6.12. The first-order valence-corrected chi connectivity index (χ1v) is 11.8. The van der Waals surface area contributed by atoms with Crippen LogP contribution >= 0.6 is 11.6 Å². The molecule has 3 aromatic carbocycles. The normalized spacial score (nSPS) is 14.3. The molecule has 0 unspecified atom stereocenters. The van der Waals surface area contributed by atoms with Crippen molar-refractivity contribution >= 4 is 28.8 Å². The van der Waals surface area contributed by atoms with Crippen LogP contribution in [0.3, 0.4) is 0 Å². The van der Waals surface area contributed by atoms with E-state index in [-0.39, 0.29) is 17.5 Å². The number of hydrogen-bond donors (Lipinski definition) is 0. The number of methoxy groups -OCH3 is 1. The maximum Gasteiger partial charge on any atom is 0.246 e. The van der Waals surface area contributed by atoms with Crippen LogP contribution in [0.2, 0.25) is 5.02 Å². The number of ether oxygens (including phenoxy) is 1. The van der Waals surface area contributed by atoms with Crippen molar-refractivity contribution in [3.63, 3.8) is 0 Å². The Morgan fingerprint density at radius 3 is 2.35 bits per heavy atom. The highest BCUT2D eigenvalue weighted by molar-refractivity contribution is 6.30. The van der Waals surface area contributed by atoms with Crippen LogP contribution < -0.4 is 9.64 Å². The molecule has 4 nitrogen and oxygen atoms in total. The van der Waals surface area contributed by atoms with Crippen LogP contribution in [0.15, 0.2) is 78.9 Å². The molecular weight excluding hydrogens is 451 g/mol. The van der Waals surface area contributed by atoms with Gasteiger partial charge in [0.15, 0.2) is 11.6 Å². The number of nitrogens with zero attached hydrogens (tertiary/aromatic N) is 2. The molecule has 0 bridgehead atoms. The highest BCUT2D eigenvalue weighted by atomic mass is 35.5. The van der Waals surface area contributed by atoms with Crippen LogP contribution in [0.1, 0.15) is 17.5 Å². The summed E-state index contributed by atoms with van der Waals surface area (Å²) in [6.45, 7) is 2.93. The van der Waals surface area contributed by atoms with Crippen molar-refractivity contribution in [1.82, 2.24) is 4.90 Å². The molecule has 3 aromatic rings. The zero-order valence-electron chi connectivity index (χ0n) is 19.2.